The number of ether oxygens (including phenoxy) is 1. The summed E-state index contributed by atoms with van der Waals surface area (Å²) in [5.74, 6) is 0. The Morgan fingerprint density at radius 1 is 1.00 bits per heavy atom. The molecule has 1 aliphatic rings. The van der Waals surface area contributed by atoms with Gasteiger partial charge >= 0.3 is 0 Å². The van der Waals surface area contributed by atoms with E-state index >= 15 is 0 Å². The van der Waals surface area contributed by atoms with Gasteiger partial charge in [0.2, 0.25) is 0 Å². The molecule has 0 unspecified atom stereocenters. The summed E-state index contributed by atoms with van der Waals surface area (Å²) in [6.45, 7) is 0. The normalized spacial score (nSPS) is 48.8. The maximum atomic E-state index is 10.2. The van der Waals surface area contributed by atoms with Gasteiger partial charge < -0.3 is 30.0 Å². The zero-order chi connectivity index (χ0) is 9.30. The zero-order valence-electron chi connectivity index (χ0n) is 6.07. The molecule has 0 bridgehead atoms. The predicted octanol–water partition coefficient (Wildman–Crippen LogP) is -3.01. The average molecular weight is 178 g/mol. The number of aliphatic hydroxyl groups is 4. The second kappa shape index (κ2) is 3.46. The smallest absolute Gasteiger partial charge is 0.184 e. The van der Waals surface area contributed by atoms with E-state index in [1.165, 1.54) is 0 Å². The third-order valence-electron chi connectivity index (χ3n) is 1.76. The molecule has 0 saturated carbocycles. The quantitative estimate of drug-likeness (QED) is 0.318. The molecule has 1 aliphatic heterocycles. The van der Waals surface area contributed by atoms with Gasteiger partial charge in [-0.05, 0) is 0 Å². The van der Waals surface area contributed by atoms with Crippen molar-refractivity contribution in [1.29, 1.82) is 0 Å². The number of hydrogen-bond donors (Lipinski definition) is 4. The number of rotatable bonds is 1. The summed E-state index contributed by atoms with van der Waals surface area (Å²) in [5.41, 5.74) is 0. The van der Waals surface area contributed by atoms with E-state index in [1.54, 1.807) is 0 Å². The molecule has 70 valence electrons. The standard InChI is InChI=1S/C6H10O6/c7-1-2-3(8)4(9)5(10)6(11)12-2/h1-6,8-11H/t2-,3-,4+,5+,6+/m1/s1. The van der Waals surface area contributed by atoms with Crippen LogP contribution in [0.25, 0.3) is 0 Å². The second-order valence-corrected chi connectivity index (χ2v) is 2.60. The maximum absolute atomic E-state index is 10.2. The summed E-state index contributed by atoms with van der Waals surface area (Å²) in [6.07, 6.45) is -7.33. The zero-order valence-corrected chi connectivity index (χ0v) is 6.07. The Kier molecular flexibility index (Phi) is 2.76. The number of hydrogen-bond acceptors (Lipinski definition) is 6. The van der Waals surface area contributed by atoms with Crippen LogP contribution in [-0.4, -0.2) is 57.4 Å². The highest BCUT2D eigenvalue weighted by molar-refractivity contribution is 5.57. The van der Waals surface area contributed by atoms with Crippen LogP contribution in [0.1, 0.15) is 0 Å². The monoisotopic (exact) mass is 178 g/mol. The van der Waals surface area contributed by atoms with Crippen molar-refractivity contribution in [3.05, 3.63) is 0 Å². The van der Waals surface area contributed by atoms with Crippen molar-refractivity contribution in [3.63, 3.8) is 0 Å². The van der Waals surface area contributed by atoms with Crippen LogP contribution in [-0.2, 0) is 9.53 Å². The molecule has 0 aromatic rings. The lowest BCUT2D eigenvalue weighted by atomic mass is 10.00. The molecule has 5 atom stereocenters. The van der Waals surface area contributed by atoms with E-state index in [0.29, 0.717) is 0 Å². The van der Waals surface area contributed by atoms with E-state index in [1.807, 2.05) is 0 Å². The fourth-order valence-electron chi connectivity index (χ4n) is 1.000. The Morgan fingerprint density at radius 3 is 2.08 bits per heavy atom. The van der Waals surface area contributed by atoms with Gasteiger partial charge in [0.1, 0.15) is 24.4 Å². The minimum absolute atomic E-state index is 0.253. The van der Waals surface area contributed by atoms with E-state index in [2.05, 4.69) is 4.74 Å². The van der Waals surface area contributed by atoms with Crippen molar-refractivity contribution in [3.8, 4) is 0 Å². The summed E-state index contributed by atoms with van der Waals surface area (Å²) in [7, 11) is 0. The molecule has 1 heterocycles. The summed E-state index contributed by atoms with van der Waals surface area (Å²) in [4.78, 5) is 10.2. The Balaban J connectivity index is 2.70. The first-order valence-corrected chi connectivity index (χ1v) is 3.41. The number of aliphatic hydroxyl groups excluding tert-OH is 4. The van der Waals surface area contributed by atoms with Gasteiger partial charge in [-0.15, -0.1) is 0 Å². The van der Waals surface area contributed by atoms with Crippen molar-refractivity contribution in [2.45, 2.75) is 30.7 Å². The summed E-state index contributed by atoms with van der Waals surface area (Å²) < 4.78 is 4.46. The van der Waals surface area contributed by atoms with Gasteiger partial charge in [-0.25, -0.2) is 0 Å². The third-order valence-corrected chi connectivity index (χ3v) is 1.76. The Bertz CT molecular complexity index is 171. The topological polar surface area (TPSA) is 107 Å². The summed E-state index contributed by atoms with van der Waals surface area (Å²) in [6, 6.07) is 0. The minimum atomic E-state index is -1.64. The molecule has 0 radical (unpaired) electrons. The molecule has 0 spiro atoms. The molecule has 4 N–H and O–H groups in total. The van der Waals surface area contributed by atoms with Crippen LogP contribution in [0.15, 0.2) is 0 Å². The van der Waals surface area contributed by atoms with Crippen LogP contribution in [0, 0.1) is 0 Å². The van der Waals surface area contributed by atoms with Crippen LogP contribution in [0.3, 0.4) is 0 Å². The highest BCUT2D eigenvalue weighted by Crippen LogP contribution is 2.18. The van der Waals surface area contributed by atoms with Crippen molar-refractivity contribution in [1.82, 2.24) is 0 Å². The van der Waals surface area contributed by atoms with E-state index in [0.717, 1.165) is 0 Å². The van der Waals surface area contributed by atoms with Gasteiger partial charge in [-0.2, -0.15) is 0 Å². The molecule has 6 heteroatoms. The molecule has 0 aromatic heterocycles. The van der Waals surface area contributed by atoms with Gasteiger partial charge in [0.05, 0.1) is 0 Å². The van der Waals surface area contributed by atoms with Crippen LogP contribution >= 0.6 is 0 Å². The fraction of sp³-hybridized carbons (Fsp3) is 0.833. The number of carbonyl (C=O) groups is 1. The largest absolute Gasteiger partial charge is 0.387 e. The van der Waals surface area contributed by atoms with Gasteiger partial charge in [0, 0.05) is 0 Å². The molecule has 0 amide bonds. The van der Waals surface area contributed by atoms with Gasteiger partial charge in [0.25, 0.3) is 0 Å². The SMILES string of the molecule is O=C[C@H]1O[C@H](O)[C@@H](O)[C@@H](O)[C@@H]1O. The first kappa shape index (κ1) is 9.56. The number of aldehydes is 1. The lowest BCUT2D eigenvalue weighted by molar-refractivity contribution is -0.272. The second-order valence-electron chi connectivity index (χ2n) is 2.60. The van der Waals surface area contributed by atoms with Gasteiger partial charge in [-0.3, -0.25) is 0 Å². The van der Waals surface area contributed by atoms with Crippen molar-refractivity contribution >= 4 is 6.29 Å². The van der Waals surface area contributed by atoms with Crippen LogP contribution < -0.4 is 0 Å². The van der Waals surface area contributed by atoms with Gasteiger partial charge in [-0.1, -0.05) is 0 Å². The third kappa shape index (κ3) is 1.47. The molecular formula is C6H10O6. The Hall–Kier alpha value is -0.530. The highest BCUT2D eigenvalue weighted by atomic mass is 16.6. The number of carbonyl (C=O) groups excluding carboxylic acids is 1. The van der Waals surface area contributed by atoms with Crippen LogP contribution in [0.4, 0.5) is 0 Å². The summed E-state index contributed by atoms with van der Waals surface area (Å²) in [5, 5.41) is 35.9. The van der Waals surface area contributed by atoms with Crippen molar-refractivity contribution < 1.29 is 30.0 Å². The lowest BCUT2D eigenvalue weighted by Gasteiger charge is -2.35. The molecule has 1 saturated heterocycles. The molecular weight excluding hydrogens is 168 g/mol. The molecule has 6 nitrogen and oxygen atoms in total. The molecule has 0 aliphatic carbocycles. The Morgan fingerprint density at radius 2 is 1.58 bits per heavy atom. The van der Waals surface area contributed by atoms with E-state index < -0.39 is 30.7 Å². The van der Waals surface area contributed by atoms with Crippen molar-refractivity contribution in [2.75, 3.05) is 0 Å². The van der Waals surface area contributed by atoms with Crippen LogP contribution in [0.2, 0.25) is 0 Å². The van der Waals surface area contributed by atoms with E-state index in [9.17, 15) is 4.79 Å². The molecule has 12 heavy (non-hydrogen) atoms. The molecule has 0 aromatic carbocycles. The fourth-order valence-corrected chi connectivity index (χ4v) is 1.000. The Labute approximate surface area is 68.0 Å². The van der Waals surface area contributed by atoms with Crippen LogP contribution in [0.5, 0.6) is 0 Å². The average Bonchev–Trinajstić information content (AvgIpc) is 2.08. The predicted molar refractivity (Wildman–Crippen MR) is 35.0 cm³/mol. The minimum Gasteiger partial charge on any atom is -0.387 e. The first-order chi connectivity index (χ1) is 5.57. The van der Waals surface area contributed by atoms with E-state index in [-0.39, 0.29) is 6.29 Å². The highest BCUT2D eigenvalue weighted by Gasteiger charge is 2.42. The van der Waals surface area contributed by atoms with Gasteiger partial charge in [0.15, 0.2) is 12.6 Å². The molecule has 1 rings (SSSR count). The molecule has 1 fully saturated rings. The first-order valence-electron chi connectivity index (χ1n) is 3.41. The van der Waals surface area contributed by atoms with E-state index in [4.69, 9.17) is 20.4 Å². The maximum Gasteiger partial charge on any atom is 0.184 e. The van der Waals surface area contributed by atoms with Crippen molar-refractivity contribution in [2.24, 2.45) is 0 Å². The summed E-state index contributed by atoms with van der Waals surface area (Å²) >= 11 is 0. The lowest BCUT2D eigenvalue weighted by Crippen LogP contribution is -2.57.